The number of halogens is 2. The molecule has 0 aliphatic carbocycles. The Bertz CT molecular complexity index is 1060. The zero-order valence-corrected chi connectivity index (χ0v) is 16.8. The van der Waals surface area contributed by atoms with Crippen molar-refractivity contribution in [2.75, 3.05) is 0 Å². The number of phenolic OH excluding ortho intramolecular Hbond substituents is 1. The van der Waals surface area contributed by atoms with E-state index in [1.54, 1.807) is 24.3 Å². The average molecular weight is 403 g/mol. The third-order valence-electron chi connectivity index (χ3n) is 5.21. The zero-order valence-electron chi connectivity index (χ0n) is 16.8. The van der Waals surface area contributed by atoms with Gasteiger partial charge in [-0.2, -0.15) is 5.26 Å². The smallest absolute Gasteiger partial charge is 0.129 e. The van der Waals surface area contributed by atoms with Crippen LogP contribution in [0.25, 0.3) is 6.08 Å². The molecule has 0 spiro atoms. The van der Waals surface area contributed by atoms with Crippen molar-refractivity contribution in [1.29, 1.82) is 5.26 Å². The van der Waals surface area contributed by atoms with Crippen LogP contribution in [0.5, 0.6) is 5.75 Å². The summed E-state index contributed by atoms with van der Waals surface area (Å²) in [5, 5.41) is 18.9. The Morgan fingerprint density at radius 1 is 1.00 bits per heavy atom. The monoisotopic (exact) mass is 403 g/mol. The van der Waals surface area contributed by atoms with E-state index in [0.717, 1.165) is 18.4 Å². The lowest BCUT2D eigenvalue weighted by molar-refractivity contribution is 0.474. The Morgan fingerprint density at radius 3 is 2.30 bits per heavy atom. The van der Waals surface area contributed by atoms with E-state index in [1.165, 1.54) is 19.1 Å². The average Bonchev–Trinajstić information content (AvgIpc) is 2.75. The van der Waals surface area contributed by atoms with Crippen LogP contribution in [-0.2, 0) is 12.8 Å². The second kappa shape index (κ2) is 9.84. The summed E-state index contributed by atoms with van der Waals surface area (Å²) < 4.78 is 28.0. The zero-order chi connectivity index (χ0) is 21.5. The number of allylic oxidation sites excluding steroid dienone is 1. The molecule has 1 N–H and O–H groups in total. The predicted octanol–water partition coefficient (Wildman–Crippen LogP) is 6.36. The van der Waals surface area contributed by atoms with Crippen molar-refractivity contribution in [3.05, 3.63) is 106 Å². The van der Waals surface area contributed by atoms with Gasteiger partial charge in [0.2, 0.25) is 0 Å². The van der Waals surface area contributed by atoms with E-state index in [2.05, 4.69) is 6.07 Å². The van der Waals surface area contributed by atoms with Crippen LogP contribution in [0, 0.1) is 35.8 Å². The Labute approximate surface area is 175 Å². The highest BCUT2D eigenvalue weighted by Gasteiger charge is 2.12. The molecule has 0 amide bonds. The quantitative estimate of drug-likeness (QED) is 0.499. The van der Waals surface area contributed by atoms with Crippen LogP contribution in [0.2, 0.25) is 0 Å². The number of benzene rings is 3. The van der Waals surface area contributed by atoms with E-state index in [0.29, 0.717) is 23.1 Å². The summed E-state index contributed by atoms with van der Waals surface area (Å²) in [6.45, 7) is 1.43. The molecule has 0 heterocycles. The van der Waals surface area contributed by atoms with Gasteiger partial charge >= 0.3 is 0 Å². The molecule has 3 rings (SSSR count). The first-order valence-corrected chi connectivity index (χ1v) is 9.86. The molecule has 4 heteroatoms. The molecule has 152 valence electrons. The minimum absolute atomic E-state index is 0.0155. The molecular formula is C26H23F2NO. The fourth-order valence-electron chi connectivity index (χ4n) is 3.35. The Morgan fingerprint density at radius 2 is 1.67 bits per heavy atom. The van der Waals surface area contributed by atoms with Gasteiger partial charge in [0.15, 0.2) is 0 Å². The summed E-state index contributed by atoms with van der Waals surface area (Å²) in [5.41, 5.74) is 3.03. The molecule has 30 heavy (non-hydrogen) atoms. The molecule has 0 aromatic heterocycles. The molecule has 0 saturated heterocycles. The number of nitrogens with zero attached hydrogens (tertiary/aromatic N) is 1. The summed E-state index contributed by atoms with van der Waals surface area (Å²) in [7, 11) is 0. The van der Waals surface area contributed by atoms with Crippen LogP contribution in [0.1, 0.15) is 34.2 Å². The Hall–Kier alpha value is -3.45. The lowest BCUT2D eigenvalue weighted by atomic mass is 9.91. The van der Waals surface area contributed by atoms with Crippen LogP contribution in [0.3, 0.4) is 0 Å². The highest BCUT2D eigenvalue weighted by molar-refractivity contribution is 5.56. The van der Waals surface area contributed by atoms with Crippen molar-refractivity contribution < 1.29 is 13.9 Å². The van der Waals surface area contributed by atoms with Gasteiger partial charge in [0.05, 0.1) is 11.6 Å². The summed E-state index contributed by atoms with van der Waals surface area (Å²) in [4.78, 5) is 0. The van der Waals surface area contributed by atoms with Gasteiger partial charge in [-0.15, -0.1) is 0 Å². The van der Waals surface area contributed by atoms with Crippen molar-refractivity contribution in [2.45, 2.75) is 26.2 Å². The van der Waals surface area contributed by atoms with E-state index in [1.807, 2.05) is 36.4 Å². The van der Waals surface area contributed by atoms with Crippen LogP contribution in [0.15, 0.2) is 66.7 Å². The van der Waals surface area contributed by atoms with Gasteiger partial charge in [-0.25, -0.2) is 8.78 Å². The van der Waals surface area contributed by atoms with E-state index >= 15 is 0 Å². The van der Waals surface area contributed by atoms with Crippen molar-refractivity contribution >= 4 is 6.08 Å². The lowest BCUT2D eigenvalue weighted by Gasteiger charge is -2.14. The lowest BCUT2D eigenvalue weighted by Crippen LogP contribution is -2.05. The summed E-state index contributed by atoms with van der Waals surface area (Å²) in [5.74, 6) is -0.880. The van der Waals surface area contributed by atoms with Gasteiger partial charge < -0.3 is 5.11 Å². The van der Waals surface area contributed by atoms with Crippen LogP contribution >= 0.6 is 0 Å². The maximum atomic E-state index is 14.0. The number of aromatic hydroxyl groups is 1. The molecule has 1 unspecified atom stereocenters. The molecule has 3 aromatic rings. The van der Waals surface area contributed by atoms with Crippen LogP contribution in [-0.4, -0.2) is 5.11 Å². The summed E-state index contributed by atoms with van der Waals surface area (Å²) in [6, 6.07) is 19.3. The van der Waals surface area contributed by atoms with Gasteiger partial charge in [-0.05, 0) is 73.6 Å². The number of aryl methyl sites for hydroxylation is 1. The minimum Gasteiger partial charge on any atom is -0.507 e. The van der Waals surface area contributed by atoms with Gasteiger partial charge in [0, 0.05) is 11.1 Å². The molecule has 0 radical (unpaired) electrons. The standard InChI is InChI=1S/C26H23F2NO/c1-18-24(27)15-22(16-25(18)28)14-20(12-13-23-4-2-3-5-26(23)30)9-6-19-7-10-21(17-29)11-8-19/h2-5,7-8,10-13,15-16,20,30H,6,9,14H2,1H3/b13-12+. The van der Waals surface area contributed by atoms with Crippen LogP contribution in [0.4, 0.5) is 8.78 Å². The molecule has 3 aromatic carbocycles. The Kier molecular flexibility index (Phi) is 6.98. The molecule has 0 bridgehead atoms. The SMILES string of the molecule is Cc1c(F)cc(CC(/C=C/c2ccccc2O)CCc2ccc(C#N)cc2)cc1F. The van der Waals surface area contributed by atoms with Crippen molar-refractivity contribution in [3.63, 3.8) is 0 Å². The number of rotatable bonds is 7. The molecule has 0 aliphatic rings. The third kappa shape index (κ3) is 5.55. The first kappa shape index (κ1) is 21.3. The third-order valence-corrected chi connectivity index (χ3v) is 5.21. The summed E-state index contributed by atoms with van der Waals surface area (Å²) >= 11 is 0. The van der Waals surface area contributed by atoms with E-state index in [-0.39, 0.29) is 17.2 Å². The highest BCUT2D eigenvalue weighted by atomic mass is 19.1. The maximum Gasteiger partial charge on any atom is 0.129 e. The van der Waals surface area contributed by atoms with E-state index < -0.39 is 11.6 Å². The van der Waals surface area contributed by atoms with Crippen LogP contribution < -0.4 is 0 Å². The second-order valence-corrected chi connectivity index (χ2v) is 7.41. The van der Waals surface area contributed by atoms with E-state index in [9.17, 15) is 13.9 Å². The molecular weight excluding hydrogens is 380 g/mol. The largest absolute Gasteiger partial charge is 0.507 e. The van der Waals surface area contributed by atoms with Gasteiger partial charge in [0.25, 0.3) is 0 Å². The number of hydrogen-bond donors (Lipinski definition) is 1. The maximum absolute atomic E-state index is 14.0. The summed E-state index contributed by atoms with van der Waals surface area (Å²) in [6.07, 6.45) is 5.83. The highest BCUT2D eigenvalue weighted by Crippen LogP contribution is 2.24. The number of hydrogen-bond acceptors (Lipinski definition) is 2. The number of para-hydroxylation sites is 1. The first-order valence-electron chi connectivity index (χ1n) is 9.86. The van der Waals surface area contributed by atoms with Crippen molar-refractivity contribution in [2.24, 2.45) is 5.92 Å². The topological polar surface area (TPSA) is 44.0 Å². The minimum atomic E-state index is -0.541. The number of phenols is 1. The fourth-order valence-corrected chi connectivity index (χ4v) is 3.35. The van der Waals surface area contributed by atoms with Gasteiger partial charge in [-0.3, -0.25) is 0 Å². The molecule has 0 aliphatic heterocycles. The normalized spacial score (nSPS) is 12.1. The Balaban J connectivity index is 1.80. The predicted molar refractivity (Wildman–Crippen MR) is 115 cm³/mol. The van der Waals surface area contributed by atoms with Crippen molar-refractivity contribution in [3.8, 4) is 11.8 Å². The van der Waals surface area contributed by atoms with Gasteiger partial charge in [0.1, 0.15) is 17.4 Å². The molecule has 0 fully saturated rings. The molecule has 1 atom stereocenters. The fraction of sp³-hybridized carbons (Fsp3) is 0.192. The number of nitriles is 1. The second-order valence-electron chi connectivity index (χ2n) is 7.41. The first-order chi connectivity index (χ1) is 14.5. The van der Waals surface area contributed by atoms with E-state index in [4.69, 9.17) is 5.26 Å². The molecule has 0 saturated carbocycles. The van der Waals surface area contributed by atoms with Crippen molar-refractivity contribution in [1.82, 2.24) is 0 Å². The molecule has 2 nitrogen and oxygen atoms in total. The van der Waals surface area contributed by atoms with Gasteiger partial charge in [-0.1, -0.05) is 42.5 Å².